The maximum atomic E-state index is 11.9. The number of aliphatic imine (C=N–C) groups is 1. The number of guanidine groups is 1. The summed E-state index contributed by atoms with van der Waals surface area (Å²) in [6.07, 6.45) is 6.46. The first-order chi connectivity index (χ1) is 14.6. The molecule has 7 heteroatoms. The number of nitrogens with one attached hydrogen (secondary N) is 2. The van der Waals surface area contributed by atoms with Gasteiger partial charge in [-0.1, -0.05) is 6.92 Å². The maximum Gasteiger partial charge on any atom is 0.222 e. The molecule has 30 heavy (non-hydrogen) atoms. The van der Waals surface area contributed by atoms with Crippen LogP contribution in [-0.2, 0) is 11.3 Å². The van der Waals surface area contributed by atoms with E-state index in [0.717, 1.165) is 61.9 Å². The Morgan fingerprint density at radius 1 is 1.23 bits per heavy atom. The molecule has 0 aromatic heterocycles. The summed E-state index contributed by atoms with van der Waals surface area (Å²) in [5.41, 5.74) is 1.05. The fourth-order valence-electron chi connectivity index (χ4n) is 4.09. The van der Waals surface area contributed by atoms with E-state index in [0.29, 0.717) is 13.0 Å². The normalized spacial score (nSPS) is 19.8. The molecule has 2 fully saturated rings. The molecule has 2 N–H and O–H groups in total. The molecule has 1 atom stereocenters. The van der Waals surface area contributed by atoms with Crippen LogP contribution in [0.25, 0.3) is 0 Å². The van der Waals surface area contributed by atoms with Gasteiger partial charge in [-0.05, 0) is 51.2 Å². The van der Waals surface area contributed by atoms with Crippen LogP contribution in [0.2, 0.25) is 0 Å². The number of hydrogen-bond acceptors (Lipinski definition) is 4. The number of likely N-dealkylation sites (tertiary alicyclic amines) is 1. The second kappa shape index (κ2) is 11.1. The van der Waals surface area contributed by atoms with Crippen molar-refractivity contribution in [3.63, 3.8) is 0 Å². The van der Waals surface area contributed by atoms with Crippen molar-refractivity contribution in [1.82, 2.24) is 15.5 Å². The van der Waals surface area contributed by atoms with E-state index in [9.17, 15) is 4.79 Å². The molecule has 3 rings (SSSR count). The van der Waals surface area contributed by atoms with Crippen molar-refractivity contribution < 1.29 is 14.3 Å². The summed E-state index contributed by atoms with van der Waals surface area (Å²) < 4.78 is 11.7. The number of benzene rings is 1. The molecule has 1 aliphatic carbocycles. The molecule has 1 aliphatic heterocycles. The monoisotopic (exact) mass is 416 g/mol. The van der Waals surface area contributed by atoms with Crippen molar-refractivity contribution in [2.75, 3.05) is 26.7 Å². The quantitative estimate of drug-likeness (QED) is 0.503. The Morgan fingerprint density at radius 3 is 2.73 bits per heavy atom. The van der Waals surface area contributed by atoms with Gasteiger partial charge in [0.05, 0.1) is 19.8 Å². The lowest BCUT2D eigenvalue weighted by molar-refractivity contribution is -0.129. The molecule has 166 valence electrons. The fraction of sp³-hybridized carbons (Fsp3) is 0.652. The first-order valence-electron chi connectivity index (χ1n) is 11.3. The molecular formula is C23H36N4O3. The number of rotatable bonds is 8. The molecule has 1 saturated heterocycles. The maximum absolute atomic E-state index is 11.9. The van der Waals surface area contributed by atoms with Crippen LogP contribution in [0.3, 0.4) is 0 Å². The van der Waals surface area contributed by atoms with Gasteiger partial charge >= 0.3 is 0 Å². The minimum absolute atomic E-state index is 0.216. The second-order valence-corrected chi connectivity index (χ2v) is 8.02. The Bertz CT molecular complexity index is 731. The number of amides is 1. The molecule has 1 aromatic carbocycles. The van der Waals surface area contributed by atoms with Gasteiger partial charge in [0.25, 0.3) is 0 Å². The summed E-state index contributed by atoms with van der Waals surface area (Å²) in [5, 5.41) is 6.81. The number of ether oxygens (including phenoxy) is 2. The third kappa shape index (κ3) is 6.03. The van der Waals surface area contributed by atoms with Gasteiger partial charge in [-0.15, -0.1) is 0 Å². The Hall–Kier alpha value is -2.44. The SMILES string of the molecule is CCNC(=NCc1ccc(OC)cc1OC1CCCC1)NC1CCN(C(=O)CC)C1. The molecule has 0 spiro atoms. The molecular weight excluding hydrogens is 380 g/mol. The van der Waals surface area contributed by atoms with Crippen molar-refractivity contribution in [1.29, 1.82) is 0 Å². The predicted octanol–water partition coefficient (Wildman–Crippen LogP) is 3.08. The van der Waals surface area contributed by atoms with Crippen LogP contribution in [0.15, 0.2) is 23.2 Å². The standard InChI is InChI=1S/C23H36N4O3/c1-4-22(28)27-13-12-18(16-27)26-23(24-5-2)25-15-17-10-11-20(29-3)14-21(17)30-19-8-6-7-9-19/h10-11,14,18-19H,4-9,12-13,15-16H2,1-3H3,(H2,24,25,26). The summed E-state index contributed by atoms with van der Waals surface area (Å²) in [5.74, 6) is 2.65. The van der Waals surface area contributed by atoms with Crippen LogP contribution < -0.4 is 20.1 Å². The summed E-state index contributed by atoms with van der Waals surface area (Å²) in [6.45, 7) is 6.81. The van der Waals surface area contributed by atoms with Gasteiger partial charge in [-0.2, -0.15) is 0 Å². The number of carbonyl (C=O) groups excluding carboxylic acids is 1. The number of methoxy groups -OCH3 is 1. The molecule has 1 heterocycles. The highest BCUT2D eigenvalue weighted by Gasteiger charge is 2.26. The highest BCUT2D eigenvalue weighted by molar-refractivity contribution is 5.80. The van der Waals surface area contributed by atoms with Crippen LogP contribution in [0.1, 0.15) is 57.9 Å². The highest BCUT2D eigenvalue weighted by atomic mass is 16.5. The molecule has 0 bridgehead atoms. The van der Waals surface area contributed by atoms with Gasteiger partial charge in [0, 0.05) is 43.7 Å². The van der Waals surface area contributed by atoms with Crippen LogP contribution in [0.5, 0.6) is 11.5 Å². The minimum atomic E-state index is 0.216. The third-order valence-electron chi connectivity index (χ3n) is 5.81. The van der Waals surface area contributed by atoms with E-state index in [2.05, 4.69) is 17.6 Å². The first-order valence-corrected chi connectivity index (χ1v) is 11.3. The summed E-state index contributed by atoms with van der Waals surface area (Å²) >= 11 is 0. The smallest absolute Gasteiger partial charge is 0.222 e. The molecule has 2 aliphatic rings. The largest absolute Gasteiger partial charge is 0.497 e. The summed E-state index contributed by atoms with van der Waals surface area (Å²) in [7, 11) is 1.67. The van der Waals surface area contributed by atoms with Crippen molar-refractivity contribution in [2.24, 2.45) is 4.99 Å². The zero-order chi connectivity index (χ0) is 21.3. The van der Waals surface area contributed by atoms with E-state index in [-0.39, 0.29) is 18.1 Å². The molecule has 1 saturated carbocycles. The molecule has 7 nitrogen and oxygen atoms in total. The number of carbonyl (C=O) groups is 1. The van der Waals surface area contributed by atoms with E-state index in [4.69, 9.17) is 14.5 Å². The Balaban J connectivity index is 1.67. The Kier molecular flexibility index (Phi) is 8.22. The van der Waals surface area contributed by atoms with Gasteiger partial charge in [0.1, 0.15) is 11.5 Å². The van der Waals surface area contributed by atoms with E-state index < -0.39 is 0 Å². The van der Waals surface area contributed by atoms with Crippen LogP contribution in [0, 0.1) is 0 Å². The van der Waals surface area contributed by atoms with Gasteiger partial charge in [-0.25, -0.2) is 4.99 Å². The van der Waals surface area contributed by atoms with E-state index >= 15 is 0 Å². The zero-order valence-corrected chi connectivity index (χ0v) is 18.6. The van der Waals surface area contributed by atoms with Crippen molar-refractivity contribution in [2.45, 2.75) is 71.1 Å². The molecule has 1 amide bonds. The second-order valence-electron chi connectivity index (χ2n) is 8.02. The topological polar surface area (TPSA) is 75.2 Å². The van der Waals surface area contributed by atoms with Crippen molar-refractivity contribution >= 4 is 11.9 Å². The fourth-order valence-corrected chi connectivity index (χ4v) is 4.09. The van der Waals surface area contributed by atoms with Gasteiger partial charge < -0.3 is 25.0 Å². The van der Waals surface area contributed by atoms with Crippen molar-refractivity contribution in [3.05, 3.63) is 23.8 Å². The highest BCUT2D eigenvalue weighted by Crippen LogP contribution is 2.30. The Labute approximate surface area is 180 Å². The zero-order valence-electron chi connectivity index (χ0n) is 18.6. The molecule has 1 unspecified atom stereocenters. The summed E-state index contributed by atoms with van der Waals surface area (Å²) in [6, 6.07) is 6.18. The molecule has 1 aromatic rings. The lowest BCUT2D eigenvalue weighted by Gasteiger charge is -2.19. The molecule has 0 radical (unpaired) electrons. The van der Waals surface area contributed by atoms with Crippen LogP contribution in [0.4, 0.5) is 0 Å². The van der Waals surface area contributed by atoms with Gasteiger partial charge in [-0.3, -0.25) is 4.79 Å². The average Bonchev–Trinajstić information content (AvgIpc) is 3.44. The van der Waals surface area contributed by atoms with E-state index in [1.807, 2.05) is 30.0 Å². The van der Waals surface area contributed by atoms with Crippen LogP contribution >= 0.6 is 0 Å². The van der Waals surface area contributed by atoms with Gasteiger partial charge in [0.15, 0.2) is 5.96 Å². The van der Waals surface area contributed by atoms with Crippen molar-refractivity contribution in [3.8, 4) is 11.5 Å². The third-order valence-corrected chi connectivity index (χ3v) is 5.81. The number of hydrogen-bond donors (Lipinski definition) is 2. The lowest BCUT2D eigenvalue weighted by Crippen LogP contribution is -2.45. The lowest BCUT2D eigenvalue weighted by atomic mass is 10.2. The summed E-state index contributed by atoms with van der Waals surface area (Å²) in [4.78, 5) is 18.7. The first kappa shape index (κ1) is 22.2. The van der Waals surface area contributed by atoms with Gasteiger partial charge in [0.2, 0.25) is 5.91 Å². The minimum Gasteiger partial charge on any atom is -0.497 e. The average molecular weight is 417 g/mol. The number of nitrogens with zero attached hydrogens (tertiary/aromatic N) is 2. The van der Waals surface area contributed by atoms with Crippen LogP contribution in [-0.4, -0.2) is 55.7 Å². The Morgan fingerprint density at radius 2 is 2.03 bits per heavy atom. The predicted molar refractivity (Wildman–Crippen MR) is 119 cm³/mol. The van der Waals surface area contributed by atoms with E-state index in [1.54, 1.807) is 7.11 Å². The van der Waals surface area contributed by atoms with E-state index in [1.165, 1.54) is 12.8 Å².